The molecule has 286 valence electrons. The van der Waals surface area contributed by atoms with Gasteiger partial charge in [0, 0.05) is 6.42 Å². The lowest BCUT2D eigenvalue weighted by Gasteiger charge is -2.31. The Hall–Kier alpha value is -1.58. The molecule has 0 saturated carbocycles. The van der Waals surface area contributed by atoms with E-state index in [2.05, 4.69) is 67.8 Å². The van der Waals surface area contributed by atoms with Gasteiger partial charge in [0.1, 0.15) is 19.3 Å². The zero-order chi connectivity index (χ0) is 36.6. The number of hydrogen-bond donors (Lipinski definition) is 3. The average molecular weight is 713 g/mol. The van der Waals surface area contributed by atoms with Gasteiger partial charge in [0.2, 0.25) is 5.91 Å². The molecule has 0 radical (unpaired) electrons. The largest absolute Gasteiger partial charge is 0.756 e. The lowest BCUT2D eigenvalue weighted by atomic mass is 10.0. The van der Waals surface area contributed by atoms with Crippen LogP contribution < -0.4 is 10.2 Å². The van der Waals surface area contributed by atoms with Crippen LogP contribution in [0, 0.1) is 0 Å². The Morgan fingerprint density at radius 3 is 1.92 bits per heavy atom. The summed E-state index contributed by atoms with van der Waals surface area (Å²) in [6, 6.07) is -1.10. The van der Waals surface area contributed by atoms with Crippen LogP contribution in [0.4, 0.5) is 0 Å². The topological polar surface area (TPSA) is 128 Å². The summed E-state index contributed by atoms with van der Waals surface area (Å²) in [5.41, 5.74) is 0. The highest BCUT2D eigenvalue weighted by Gasteiger charge is 2.29. The first-order valence-corrected chi connectivity index (χ1v) is 20.5. The van der Waals surface area contributed by atoms with Crippen LogP contribution in [-0.2, 0) is 18.4 Å². The van der Waals surface area contributed by atoms with E-state index in [1.165, 1.54) is 25.7 Å². The molecule has 0 aliphatic rings. The van der Waals surface area contributed by atoms with Crippen LogP contribution >= 0.6 is 7.82 Å². The lowest BCUT2D eigenvalue weighted by molar-refractivity contribution is -0.870. The molecule has 0 aliphatic heterocycles. The molecule has 0 heterocycles. The highest BCUT2D eigenvalue weighted by molar-refractivity contribution is 7.45. The van der Waals surface area contributed by atoms with Crippen LogP contribution in [0.3, 0.4) is 0 Å². The van der Waals surface area contributed by atoms with Crippen LogP contribution in [0.1, 0.15) is 136 Å². The number of nitrogens with zero attached hydrogens (tertiary/aromatic N) is 1. The van der Waals surface area contributed by atoms with Crippen molar-refractivity contribution in [3.05, 3.63) is 48.6 Å². The van der Waals surface area contributed by atoms with E-state index < -0.39 is 32.7 Å². The van der Waals surface area contributed by atoms with Gasteiger partial charge in [0.05, 0.1) is 39.9 Å². The van der Waals surface area contributed by atoms with E-state index in [1.807, 2.05) is 21.1 Å². The number of allylic oxidation sites excluding steroid dienone is 8. The van der Waals surface area contributed by atoms with Crippen LogP contribution in [0.25, 0.3) is 0 Å². The molecule has 3 N–H and O–H groups in total. The number of phosphoric acid groups is 1. The highest BCUT2D eigenvalue weighted by atomic mass is 31.2. The van der Waals surface area contributed by atoms with Crippen LogP contribution in [0.15, 0.2) is 48.6 Å². The third-order valence-corrected chi connectivity index (χ3v) is 9.05. The van der Waals surface area contributed by atoms with E-state index in [0.717, 1.165) is 70.6 Å². The molecule has 0 aliphatic carbocycles. The molecule has 0 rings (SSSR count). The maximum absolute atomic E-state index is 12.8. The summed E-state index contributed by atoms with van der Waals surface area (Å²) < 4.78 is 23.0. The third kappa shape index (κ3) is 32.1. The van der Waals surface area contributed by atoms with Gasteiger partial charge < -0.3 is 34.0 Å². The number of nitrogens with one attached hydrogen (secondary N) is 1. The van der Waals surface area contributed by atoms with E-state index in [-0.39, 0.29) is 18.9 Å². The minimum absolute atomic E-state index is 0.0536. The van der Waals surface area contributed by atoms with Crippen molar-refractivity contribution in [3.8, 4) is 0 Å². The maximum atomic E-state index is 12.8. The second-order valence-corrected chi connectivity index (χ2v) is 15.5. The zero-order valence-corrected chi connectivity index (χ0v) is 32.6. The van der Waals surface area contributed by atoms with Crippen molar-refractivity contribution in [2.75, 3.05) is 40.9 Å². The number of carbonyl (C=O) groups is 1. The average Bonchev–Trinajstić information content (AvgIpc) is 3.04. The molecular formula is C39H73N2O7P. The minimum Gasteiger partial charge on any atom is -0.756 e. The molecule has 4 atom stereocenters. The van der Waals surface area contributed by atoms with E-state index in [9.17, 15) is 24.5 Å². The van der Waals surface area contributed by atoms with Gasteiger partial charge in [-0.25, -0.2) is 0 Å². The highest BCUT2D eigenvalue weighted by Crippen LogP contribution is 2.38. The molecule has 9 nitrogen and oxygen atoms in total. The molecule has 1 amide bonds. The predicted molar refractivity (Wildman–Crippen MR) is 202 cm³/mol. The van der Waals surface area contributed by atoms with Crippen molar-refractivity contribution in [3.63, 3.8) is 0 Å². The first kappa shape index (κ1) is 47.4. The summed E-state index contributed by atoms with van der Waals surface area (Å²) in [4.78, 5) is 25.2. The molecule has 0 spiro atoms. The number of amides is 1. The predicted octanol–water partition coefficient (Wildman–Crippen LogP) is 8.08. The number of rotatable bonds is 33. The van der Waals surface area contributed by atoms with Crippen molar-refractivity contribution >= 4 is 13.7 Å². The third-order valence-electron chi connectivity index (χ3n) is 8.09. The van der Waals surface area contributed by atoms with Gasteiger partial charge in [0.15, 0.2) is 0 Å². The standard InChI is InChI=1S/C39H73N2O7P/c1-6-8-10-12-14-16-18-20-22-24-26-28-30-32-38(43)40-36(35-48-49(45,46)47-34-33-41(3,4)5)39(44)37(42)31-29-27-25-23-21-19-17-15-13-11-9-7-2/h10,12,15-18,23,25,36-37,39,42,44H,6-9,11,13-14,19-22,24,26-35H2,1-5H3,(H-,40,43,45,46)/b12-10-,17-15+,18-16-,25-23+. The fourth-order valence-electron chi connectivity index (χ4n) is 4.95. The molecule has 0 aromatic rings. The molecule has 10 heteroatoms. The molecule has 0 bridgehead atoms. The van der Waals surface area contributed by atoms with Crippen LogP contribution in [0.5, 0.6) is 0 Å². The van der Waals surface area contributed by atoms with Gasteiger partial charge >= 0.3 is 0 Å². The van der Waals surface area contributed by atoms with Gasteiger partial charge in [-0.1, -0.05) is 101 Å². The second-order valence-electron chi connectivity index (χ2n) is 14.0. The monoisotopic (exact) mass is 713 g/mol. The molecule has 0 fully saturated rings. The Kier molecular flexibility index (Phi) is 30.2. The Morgan fingerprint density at radius 1 is 0.735 bits per heavy atom. The van der Waals surface area contributed by atoms with E-state index in [4.69, 9.17) is 9.05 Å². The van der Waals surface area contributed by atoms with Crippen molar-refractivity contribution < 1.29 is 38.0 Å². The SMILES string of the molecule is CCC/C=C\C/C=C\CCCCCCCC(=O)NC(COP(=O)([O-])OCC[N+](C)(C)C)C(O)C(O)CCC/C=C/CC/C=C/CCCCC. The van der Waals surface area contributed by atoms with Crippen LogP contribution in [0.2, 0.25) is 0 Å². The summed E-state index contributed by atoms with van der Waals surface area (Å²) in [6.07, 6.45) is 33.0. The number of likely N-dealkylation sites (N-methyl/N-ethyl adjacent to an activating group) is 1. The number of phosphoric ester groups is 1. The number of aliphatic hydroxyl groups is 2. The van der Waals surface area contributed by atoms with Crippen molar-refractivity contribution in [1.29, 1.82) is 0 Å². The molecule has 4 unspecified atom stereocenters. The Bertz CT molecular complexity index is 962. The second kappa shape index (κ2) is 31.2. The Balaban J connectivity index is 4.73. The van der Waals surface area contributed by atoms with Gasteiger partial charge in [0.25, 0.3) is 7.82 Å². The van der Waals surface area contributed by atoms with Gasteiger partial charge in [-0.05, 0) is 77.0 Å². The first-order chi connectivity index (χ1) is 23.4. The maximum Gasteiger partial charge on any atom is 0.268 e. The quantitative estimate of drug-likeness (QED) is 0.0272. The molecule has 0 aromatic carbocycles. The molecule has 49 heavy (non-hydrogen) atoms. The molecule has 0 aromatic heterocycles. The van der Waals surface area contributed by atoms with E-state index >= 15 is 0 Å². The lowest BCUT2D eigenvalue weighted by Crippen LogP contribution is -2.51. The summed E-state index contributed by atoms with van der Waals surface area (Å²) in [5, 5.41) is 24.4. The Morgan fingerprint density at radius 2 is 1.29 bits per heavy atom. The van der Waals surface area contributed by atoms with E-state index in [1.54, 1.807) is 0 Å². The van der Waals surface area contributed by atoms with Crippen LogP contribution in [-0.4, -0.2) is 79.8 Å². The molecular weight excluding hydrogens is 639 g/mol. The smallest absolute Gasteiger partial charge is 0.268 e. The van der Waals surface area contributed by atoms with Crippen molar-refractivity contribution in [2.24, 2.45) is 0 Å². The van der Waals surface area contributed by atoms with Crippen molar-refractivity contribution in [1.82, 2.24) is 5.32 Å². The number of unbranched alkanes of at least 4 members (excludes halogenated alkanes) is 11. The van der Waals surface area contributed by atoms with E-state index in [0.29, 0.717) is 30.3 Å². The number of hydrogen-bond acceptors (Lipinski definition) is 7. The number of quaternary nitrogens is 1. The van der Waals surface area contributed by atoms with Gasteiger partial charge in [-0.2, -0.15) is 0 Å². The first-order valence-electron chi connectivity index (χ1n) is 19.1. The fourth-order valence-corrected chi connectivity index (χ4v) is 5.67. The normalized spacial score (nSPS) is 15.8. The number of aliphatic hydroxyl groups excluding tert-OH is 2. The van der Waals surface area contributed by atoms with Gasteiger partial charge in [-0.3, -0.25) is 9.36 Å². The minimum atomic E-state index is -4.67. The fraction of sp³-hybridized carbons (Fsp3) is 0.769. The summed E-state index contributed by atoms with van der Waals surface area (Å²) in [7, 11) is 1.08. The van der Waals surface area contributed by atoms with Gasteiger partial charge in [-0.15, -0.1) is 0 Å². The summed E-state index contributed by atoms with van der Waals surface area (Å²) in [6.45, 7) is 4.26. The van der Waals surface area contributed by atoms with Crippen molar-refractivity contribution in [2.45, 2.75) is 154 Å². The Labute approximate surface area is 300 Å². The zero-order valence-electron chi connectivity index (χ0n) is 31.7. The number of carbonyl (C=O) groups excluding carboxylic acids is 1. The molecule has 0 saturated heterocycles. The summed E-state index contributed by atoms with van der Waals surface area (Å²) in [5.74, 6) is -0.312. The summed E-state index contributed by atoms with van der Waals surface area (Å²) >= 11 is 0.